The maximum Gasteiger partial charge on any atom is 0.256 e. The van der Waals surface area contributed by atoms with Crippen molar-refractivity contribution in [3.05, 3.63) is 82.3 Å². The average molecular weight is 413 g/mol. The van der Waals surface area contributed by atoms with Crippen LogP contribution in [-0.4, -0.2) is 5.91 Å². The van der Waals surface area contributed by atoms with Crippen LogP contribution in [0.3, 0.4) is 0 Å². The second-order valence-electron chi connectivity index (χ2n) is 8.47. The monoisotopic (exact) mass is 412 g/mol. The summed E-state index contributed by atoms with van der Waals surface area (Å²) >= 11 is 0. The molecule has 158 valence electrons. The maximum atomic E-state index is 12.8. The van der Waals surface area contributed by atoms with E-state index < -0.39 is 0 Å². The number of furan rings is 1. The number of rotatable bonds is 5. The van der Waals surface area contributed by atoms with E-state index in [1.807, 2.05) is 30.3 Å². The minimum absolute atomic E-state index is 0.0627. The summed E-state index contributed by atoms with van der Waals surface area (Å²) in [5, 5.41) is 6.62. The largest absolute Gasteiger partial charge is 0.461 e. The van der Waals surface area contributed by atoms with Gasteiger partial charge in [-0.05, 0) is 74.1 Å². The number of amides is 1. The molecule has 0 saturated carbocycles. The fourth-order valence-electron chi connectivity index (χ4n) is 4.78. The van der Waals surface area contributed by atoms with Crippen LogP contribution in [-0.2, 0) is 24.1 Å². The van der Waals surface area contributed by atoms with E-state index in [-0.39, 0.29) is 11.9 Å². The van der Waals surface area contributed by atoms with Gasteiger partial charge < -0.3 is 15.1 Å². The molecule has 1 atom stereocenters. The van der Waals surface area contributed by atoms with Crippen LogP contribution < -0.4 is 10.6 Å². The smallest absolute Gasteiger partial charge is 0.256 e. The predicted molar refractivity (Wildman–Crippen MR) is 126 cm³/mol. The summed E-state index contributed by atoms with van der Waals surface area (Å²) in [6, 6.07) is 16.5. The average Bonchev–Trinajstić information content (AvgIpc) is 3.31. The minimum atomic E-state index is -0.0627. The van der Waals surface area contributed by atoms with Crippen molar-refractivity contribution in [2.75, 3.05) is 10.6 Å². The molecule has 2 N–H and O–H groups in total. The number of fused-ring (bicyclic) bond motifs is 2. The lowest BCUT2D eigenvalue weighted by molar-refractivity contribution is -0.110. The summed E-state index contributed by atoms with van der Waals surface area (Å²) in [5.74, 6) is 1.82. The normalized spacial score (nSPS) is 17.2. The highest BCUT2D eigenvalue weighted by Gasteiger charge is 2.29. The van der Waals surface area contributed by atoms with Crippen LogP contribution in [0.5, 0.6) is 0 Å². The summed E-state index contributed by atoms with van der Waals surface area (Å²) < 4.78 is 6.38. The molecule has 2 heterocycles. The first-order chi connectivity index (χ1) is 15.1. The highest BCUT2D eigenvalue weighted by molar-refractivity contribution is 6.34. The highest BCUT2D eigenvalue weighted by atomic mass is 16.3. The van der Waals surface area contributed by atoms with Gasteiger partial charge in [-0.2, -0.15) is 0 Å². The van der Waals surface area contributed by atoms with Crippen LogP contribution in [0.25, 0.3) is 11.6 Å². The Kier molecular flexibility index (Phi) is 5.14. The Bertz CT molecular complexity index is 1160. The molecule has 0 radical (unpaired) electrons. The predicted octanol–water partition coefficient (Wildman–Crippen LogP) is 6.39. The second kappa shape index (κ2) is 8.10. The topological polar surface area (TPSA) is 54.3 Å². The molecule has 1 aromatic heterocycles. The summed E-state index contributed by atoms with van der Waals surface area (Å²) in [6.07, 6.45) is 7.22. The van der Waals surface area contributed by atoms with Crippen molar-refractivity contribution in [3.63, 3.8) is 0 Å². The molecule has 0 bridgehead atoms. The quantitative estimate of drug-likeness (QED) is 0.478. The molecule has 1 aliphatic heterocycles. The van der Waals surface area contributed by atoms with Crippen LogP contribution in [0.2, 0.25) is 0 Å². The molecule has 2 aromatic carbocycles. The van der Waals surface area contributed by atoms with Gasteiger partial charge in [0.2, 0.25) is 0 Å². The molecule has 0 fully saturated rings. The van der Waals surface area contributed by atoms with Gasteiger partial charge in [0.1, 0.15) is 11.5 Å². The molecule has 4 heteroatoms. The number of aryl methyl sites for hydroxylation is 2. The van der Waals surface area contributed by atoms with Crippen LogP contribution >= 0.6 is 0 Å². The van der Waals surface area contributed by atoms with Crippen molar-refractivity contribution in [2.24, 2.45) is 0 Å². The molecule has 1 amide bonds. The first-order valence-electron chi connectivity index (χ1n) is 11.3. The standard InChI is InChI=1S/C27H28N2O2/c1-3-18-13-14-23-21(15-18)22(27(30)29-23)16-25-26(20-11-7-8-12-24(20)31-25)17(2)28-19-9-5-4-6-10-19/h4-6,9-10,13-17,28H,3,7-8,11-12H2,1-2H3,(H,29,30). The summed E-state index contributed by atoms with van der Waals surface area (Å²) in [5.41, 5.74) is 7.32. The first kappa shape index (κ1) is 19.7. The van der Waals surface area contributed by atoms with Crippen molar-refractivity contribution < 1.29 is 9.21 Å². The van der Waals surface area contributed by atoms with E-state index in [4.69, 9.17) is 4.42 Å². The van der Waals surface area contributed by atoms with Crippen LogP contribution in [0.4, 0.5) is 11.4 Å². The van der Waals surface area contributed by atoms with E-state index in [0.717, 1.165) is 54.1 Å². The molecule has 4 nitrogen and oxygen atoms in total. The molecule has 1 unspecified atom stereocenters. The first-order valence-corrected chi connectivity index (χ1v) is 11.3. The number of benzene rings is 2. The maximum absolute atomic E-state index is 12.8. The Morgan fingerprint density at radius 2 is 1.94 bits per heavy atom. The Morgan fingerprint density at radius 3 is 2.74 bits per heavy atom. The van der Waals surface area contributed by atoms with E-state index in [1.54, 1.807) is 0 Å². The number of carbonyl (C=O) groups excluding carboxylic acids is 1. The summed E-state index contributed by atoms with van der Waals surface area (Å²) in [6.45, 7) is 4.30. The number of anilines is 2. The van der Waals surface area contributed by atoms with Gasteiger partial charge in [0.05, 0.1) is 11.6 Å². The number of hydrogen-bond donors (Lipinski definition) is 2. The third-order valence-electron chi connectivity index (χ3n) is 6.38. The zero-order valence-electron chi connectivity index (χ0n) is 18.1. The van der Waals surface area contributed by atoms with Gasteiger partial charge in [0.25, 0.3) is 5.91 Å². The van der Waals surface area contributed by atoms with Crippen LogP contribution in [0.15, 0.2) is 52.9 Å². The molecule has 2 aliphatic rings. The summed E-state index contributed by atoms with van der Waals surface area (Å²) in [7, 11) is 0. The molecular formula is C27H28N2O2. The van der Waals surface area contributed by atoms with Crippen LogP contribution in [0.1, 0.15) is 66.5 Å². The van der Waals surface area contributed by atoms with Gasteiger partial charge in [-0.15, -0.1) is 0 Å². The van der Waals surface area contributed by atoms with E-state index in [1.165, 1.54) is 23.1 Å². The number of carbonyl (C=O) groups is 1. The fourth-order valence-corrected chi connectivity index (χ4v) is 4.78. The Morgan fingerprint density at radius 1 is 1.13 bits per heavy atom. The van der Waals surface area contributed by atoms with Gasteiger partial charge in [-0.3, -0.25) is 4.79 Å². The molecule has 0 saturated heterocycles. The number of hydrogen-bond acceptors (Lipinski definition) is 3. The van der Waals surface area contributed by atoms with E-state index in [2.05, 4.69) is 48.7 Å². The zero-order valence-corrected chi connectivity index (χ0v) is 18.1. The van der Waals surface area contributed by atoms with E-state index in [9.17, 15) is 4.79 Å². The minimum Gasteiger partial charge on any atom is -0.461 e. The van der Waals surface area contributed by atoms with Gasteiger partial charge in [0, 0.05) is 28.9 Å². The Hall–Kier alpha value is -3.27. The van der Waals surface area contributed by atoms with Gasteiger partial charge >= 0.3 is 0 Å². The molecular weight excluding hydrogens is 384 g/mol. The molecule has 1 aliphatic carbocycles. The van der Waals surface area contributed by atoms with Gasteiger partial charge in [-0.1, -0.05) is 31.2 Å². The SMILES string of the molecule is CCc1ccc2c(c1)C(=Cc1oc3c(c1C(C)Nc1ccccc1)CCCC3)C(=O)N2. The van der Waals surface area contributed by atoms with E-state index >= 15 is 0 Å². The van der Waals surface area contributed by atoms with Gasteiger partial charge in [0.15, 0.2) is 0 Å². The molecule has 0 spiro atoms. The lowest BCUT2D eigenvalue weighted by Gasteiger charge is -2.18. The third-order valence-corrected chi connectivity index (χ3v) is 6.38. The number of para-hydroxylation sites is 1. The lowest BCUT2D eigenvalue weighted by Crippen LogP contribution is -2.11. The molecule has 5 rings (SSSR count). The van der Waals surface area contributed by atoms with Crippen molar-refractivity contribution in [3.8, 4) is 0 Å². The highest BCUT2D eigenvalue weighted by Crippen LogP contribution is 2.39. The Balaban J connectivity index is 1.59. The van der Waals surface area contributed by atoms with Crippen molar-refractivity contribution >= 4 is 28.9 Å². The van der Waals surface area contributed by atoms with Gasteiger partial charge in [-0.25, -0.2) is 0 Å². The van der Waals surface area contributed by atoms with Crippen LogP contribution in [0, 0.1) is 0 Å². The van der Waals surface area contributed by atoms with Crippen molar-refractivity contribution in [2.45, 2.75) is 52.0 Å². The van der Waals surface area contributed by atoms with Crippen molar-refractivity contribution in [1.82, 2.24) is 0 Å². The number of nitrogens with one attached hydrogen (secondary N) is 2. The Labute approximate surface area is 183 Å². The van der Waals surface area contributed by atoms with E-state index in [0.29, 0.717) is 5.57 Å². The second-order valence-corrected chi connectivity index (χ2v) is 8.47. The van der Waals surface area contributed by atoms with Crippen molar-refractivity contribution in [1.29, 1.82) is 0 Å². The lowest BCUT2D eigenvalue weighted by atomic mass is 9.91. The molecule has 31 heavy (non-hydrogen) atoms. The summed E-state index contributed by atoms with van der Waals surface area (Å²) in [4.78, 5) is 12.8. The fraction of sp³-hybridized carbons (Fsp3) is 0.296. The third kappa shape index (κ3) is 3.67. The molecule has 3 aromatic rings. The zero-order chi connectivity index (χ0) is 21.4.